The number of hydrogen-bond donors (Lipinski definition) is 0. The normalized spacial score (nSPS) is 13.8. The summed E-state index contributed by atoms with van der Waals surface area (Å²) < 4.78 is 6.70. The minimum absolute atomic E-state index is 0.576. The molecule has 0 aliphatic heterocycles. The number of nitrogens with zero attached hydrogens (tertiary/aromatic N) is 2. The minimum atomic E-state index is 0.576. The first-order valence-electron chi connectivity index (χ1n) is 21.1. The van der Waals surface area contributed by atoms with Crippen LogP contribution in [-0.4, -0.2) is 4.98 Å². The Bertz CT molecular complexity index is 3260. The highest BCUT2D eigenvalue weighted by atomic mass is 16.3. The molecule has 0 N–H and O–H groups in total. The van der Waals surface area contributed by atoms with E-state index in [0.717, 1.165) is 62.0 Å². The fraction of sp³-hybridized carbons (Fsp3) is 0.0517. The summed E-state index contributed by atoms with van der Waals surface area (Å²) in [4.78, 5) is 7.58. The van der Waals surface area contributed by atoms with Crippen LogP contribution in [0.1, 0.15) is 18.9 Å². The van der Waals surface area contributed by atoms with Crippen molar-refractivity contribution in [2.24, 2.45) is 5.92 Å². The predicted octanol–water partition coefficient (Wildman–Crippen LogP) is 16.3. The van der Waals surface area contributed by atoms with Crippen molar-refractivity contribution in [3.63, 3.8) is 0 Å². The van der Waals surface area contributed by atoms with Crippen LogP contribution >= 0.6 is 0 Å². The molecule has 1 heterocycles. The average Bonchev–Trinajstić information content (AvgIpc) is 3.77. The summed E-state index contributed by atoms with van der Waals surface area (Å²) in [6.07, 6.45) is 7.91. The molecule has 290 valence electrons. The van der Waals surface area contributed by atoms with Crippen LogP contribution in [0.2, 0.25) is 0 Å². The number of fused-ring (bicyclic) bond motifs is 4. The van der Waals surface area contributed by atoms with Gasteiger partial charge in [-0.2, -0.15) is 0 Å². The van der Waals surface area contributed by atoms with Gasteiger partial charge in [0.15, 0.2) is 5.58 Å². The van der Waals surface area contributed by atoms with Crippen molar-refractivity contribution in [2.75, 3.05) is 4.90 Å². The van der Waals surface area contributed by atoms with E-state index in [0.29, 0.717) is 11.8 Å². The summed E-state index contributed by atoms with van der Waals surface area (Å²) in [5.41, 5.74) is 15.2. The first kappa shape index (κ1) is 36.3. The Kier molecular flexibility index (Phi) is 9.20. The van der Waals surface area contributed by atoms with E-state index in [1.807, 2.05) is 0 Å². The highest BCUT2D eigenvalue weighted by molar-refractivity contribution is 6.12. The van der Waals surface area contributed by atoms with Crippen LogP contribution in [0.4, 0.5) is 17.1 Å². The van der Waals surface area contributed by atoms with Gasteiger partial charge >= 0.3 is 0 Å². The maximum absolute atomic E-state index is 6.70. The maximum Gasteiger partial charge on any atom is 0.227 e. The van der Waals surface area contributed by atoms with Crippen molar-refractivity contribution in [3.8, 4) is 44.8 Å². The lowest BCUT2D eigenvalue weighted by atomic mass is 9.90. The molecule has 0 spiro atoms. The monoisotopic (exact) mass is 782 g/mol. The van der Waals surface area contributed by atoms with E-state index in [9.17, 15) is 0 Å². The Hall–Kier alpha value is -7.75. The van der Waals surface area contributed by atoms with Crippen molar-refractivity contribution in [3.05, 3.63) is 224 Å². The van der Waals surface area contributed by atoms with Gasteiger partial charge in [0.1, 0.15) is 5.52 Å². The van der Waals surface area contributed by atoms with Gasteiger partial charge in [0.2, 0.25) is 5.89 Å². The fourth-order valence-corrected chi connectivity index (χ4v) is 8.87. The third-order valence-electron chi connectivity index (χ3n) is 12.1. The molecule has 0 saturated carbocycles. The van der Waals surface area contributed by atoms with E-state index >= 15 is 0 Å². The highest BCUT2D eigenvalue weighted by Crippen LogP contribution is 2.46. The molecule has 9 aromatic carbocycles. The number of aromatic nitrogens is 1. The zero-order valence-electron chi connectivity index (χ0n) is 33.9. The number of rotatable bonds is 8. The summed E-state index contributed by atoms with van der Waals surface area (Å²) in [5.74, 6) is 1.18. The van der Waals surface area contributed by atoms with Gasteiger partial charge < -0.3 is 9.32 Å². The SMILES string of the molecule is CC1C=CC(c2ccc(-c3nc4cc(N(c5ccc(-c6ccccc6)cc5)c5ccc(-c6ccccc6)c(-c6cccc7ccccc67)c5)c5ccccc5c4o3)cc2)=CC1. The van der Waals surface area contributed by atoms with Gasteiger partial charge in [-0.25, -0.2) is 4.98 Å². The Labute approximate surface area is 356 Å². The summed E-state index contributed by atoms with van der Waals surface area (Å²) in [5, 5.41) is 4.51. The molecule has 1 aliphatic carbocycles. The van der Waals surface area contributed by atoms with Gasteiger partial charge in [-0.3, -0.25) is 0 Å². The summed E-state index contributed by atoms with van der Waals surface area (Å²) in [6, 6.07) is 71.7. The van der Waals surface area contributed by atoms with E-state index in [1.54, 1.807) is 0 Å². The molecule has 1 aliphatic rings. The Balaban J connectivity index is 1.11. The van der Waals surface area contributed by atoms with E-state index in [2.05, 4.69) is 230 Å². The van der Waals surface area contributed by atoms with Crippen LogP contribution < -0.4 is 4.90 Å². The zero-order chi connectivity index (χ0) is 40.7. The molecular formula is C58H42N2O. The smallest absolute Gasteiger partial charge is 0.227 e. The van der Waals surface area contributed by atoms with Crippen molar-refractivity contribution in [2.45, 2.75) is 13.3 Å². The van der Waals surface area contributed by atoms with Crippen molar-refractivity contribution in [1.82, 2.24) is 4.98 Å². The third-order valence-corrected chi connectivity index (χ3v) is 12.1. The molecule has 0 radical (unpaired) electrons. The predicted molar refractivity (Wildman–Crippen MR) is 256 cm³/mol. The maximum atomic E-state index is 6.70. The van der Waals surface area contributed by atoms with Gasteiger partial charge in [-0.15, -0.1) is 0 Å². The number of allylic oxidation sites excluding steroid dienone is 4. The van der Waals surface area contributed by atoms with Crippen molar-refractivity contribution < 1.29 is 4.42 Å². The molecular weight excluding hydrogens is 741 g/mol. The standard InChI is InChI=1S/C58H42N2O/c1-39-23-25-41(26-24-39)42-27-29-46(30-28-42)58-59-55-38-56(52-20-10-11-21-53(52)57(55)61-58)60(47-33-31-43(32-34-47)40-13-4-2-5-14-40)48-35-36-50(44-15-6-3-7-16-44)54(37-48)51-22-12-18-45-17-8-9-19-49(45)51/h2-23,25-39H,24H2,1H3. The number of hydrogen-bond acceptors (Lipinski definition) is 3. The van der Waals surface area contributed by atoms with Crippen LogP contribution in [0, 0.1) is 5.92 Å². The van der Waals surface area contributed by atoms with Crippen LogP contribution in [0.5, 0.6) is 0 Å². The Morgan fingerprint density at radius 1 is 0.492 bits per heavy atom. The molecule has 11 rings (SSSR count). The highest BCUT2D eigenvalue weighted by Gasteiger charge is 2.23. The third kappa shape index (κ3) is 6.80. The minimum Gasteiger partial charge on any atom is -0.435 e. The average molecular weight is 783 g/mol. The van der Waals surface area contributed by atoms with Crippen LogP contribution in [0.15, 0.2) is 223 Å². The molecule has 1 unspecified atom stereocenters. The second-order valence-electron chi connectivity index (χ2n) is 16.0. The van der Waals surface area contributed by atoms with Gasteiger partial charge in [0.05, 0.1) is 5.69 Å². The van der Waals surface area contributed by atoms with E-state index in [-0.39, 0.29) is 0 Å². The van der Waals surface area contributed by atoms with Crippen LogP contribution in [0.3, 0.4) is 0 Å². The Morgan fingerprint density at radius 3 is 1.87 bits per heavy atom. The Morgan fingerprint density at radius 2 is 1.11 bits per heavy atom. The molecule has 61 heavy (non-hydrogen) atoms. The van der Waals surface area contributed by atoms with E-state index in [4.69, 9.17) is 9.40 Å². The lowest BCUT2D eigenvalue weighted by Crippen LogP contribution is -2.11. The zero-order valence-corrected chi connectivity index (χ0v) is 33.9. The van der Waals surface area contributed by atoms with Gasteiger partial charge in [0.25, 0.3) is 0 Å². The second kappa shape index (κ2) is 15.4. The molecule has 3 heteroatoms. The molecule has 0 saturated heterocycles. The van der Waals surface area contributed by atoms with Crippen molar-refractivity contribution >= 4 is 55.3 Å². The molecule has 3 nitrogen and oxygen atoms in total. The first-order chi connectivity index (χ1) is 30.1. The van der Waals surface area contributed by atoms with Gasteiger partial charge in [-0.05, 0) is 110 Å². The molecule has 0 bridgehead atoms. The molecule has 0 fully saturated rings. The summed E-state index contributed by atoms with van der Waals surface area (Å²) >= 11 is 0. The fourth-order valence-electron chi connectivity index (χ4n) is 8.87. The lowest BCUT2D eigenvalue weighted by molar-refractivity contribution is 0.623. The number of oxazole rings is 1. The van der Waals surface area contributed by atoms with Crippen molar-refractivity contribution in [1.29, 1.82) is 0 Å². The lowest BCUT2D eigenvalue weighted by Gasteiger charge is -2.28. The van der Waals surface area contributed by atoms with Crippen LogP contribution in [-0.2, 0) is 0 Å². The second-order valence-corrected chi connectivity index (χ2v) is 16.0. The first-order valence-corrected chi connectivity index (χ1v) is 21.1. The largest absolute Gasteiger partial charge is 0.435 e. The quantitative estimate of drug-likeness (QED) is 0.154. The number of benzene rings is 9. The summed E-state index contributed by atoms with van der Waals surface area (Å²) in [6.45, 7) is 2.25. The van der Waals surface area contributed by atoms with E-state index in [1.165, 1.54) is 44.2 Å². The molecule has 1 aromatic heterocycles. The topological polar surface area (TPSA) is 29.3 Å². The molecule has 0 amide bonds. The van der Waals surface area contributed by atoms with Gasteiger partial charge in [-0.1, -0.05) is 183 Å². The van der Waals surface area contributed by atoms with E-state index < -0.39 is 0 Å². The van der Waals surface area contributed by atoms with Crippen LogP contribution in [0.25, 0.3) is 83.1 Å². The van der Waals surface area contributed by atoms with Gasteiger partial charge in [0, 0.05) is 27.7 Å². The molecule has 10 aromatic rings. The summed E-state index contributed by atoms with van der Waals surface area (Å²) in [7, 11) is 0. The molecule has 1 atom stereocenters. The number of anilines is 3.